The lowest BCUT2D eigenvalue weighted by Gasteiger charge is -2.06. The summed E-state index contributed by atoms with van der Waals surface area (Å²) in [5, 5.41) is 21.4. The Morgan fingerprint density at radius 1 is 1.19 bits per heavy atom. The van der Waals surface area contributed by atoms with Gasteiger partial charge in [-0.25, -0.2) is 0 Å². The summed E-state index contributed by atoms with van der Waals surface area (Å²) in [6.45, 7) is 0. The molecule has 0 aliphatic carbocycles. The Hall–Kier alpha value is -2.08. The molecule has 0 atom stereocenters. The smallest absolute Gasteiger partial charge is 0.223 e. The largest absolute Gasteiger partial charge is 0.618 e. The molecule has 16 heavy (non-hydrogen) atoms. The third-order valence-electron chi connectivity index (χ3n) is 2.59. The maximum atomic E-state index is 12.0. The van der Waals surface area contributed by atoms with Gasteiger partial charge in [-0.1, -0.05) is 12.1 Å². The standard InChI is InChI=1S/C13H12N2O/c14-10-4-3-6-12-9-8-11-5-1-2-7-13(11)15(12)16/h1-2,5,7-9H,3-4,6H2. The van der Waals surface area contributed by atoms with Crippen LogP contribution in [0.15, 0.2) is 36.4 Å². The number of aryl methyl sites for hydroxylation is 1. The number of hydrogen-bond acceptors (Lipinski definition) is 2. The Balaban J connectivity index is 2.34. The second kappa shape index (κ2) is 4.63. The first-order valence-electron chi connectivity index (χ1n) is 5.30. The van der Waals surface area contributed by atoms with Crippen molar-refractivity contribution in [3.63, 3.8) is 0 Å². The quantitative estimate of drug-likeness (QED) is 0.445. The predicted molar refractivity (Wildman–Crippen MR) is 61.5 cm³/mol. The van der Waals surface area contributed by atoms with E-state index in [9.17, 15) is 5.21 Å². The molecule has 0 bridgehead atoms. The number of rotatable bonds is 3. The average Bonchev–Trinajstić information content (AvgIpc) is 2.33. The molecular weight excluding hydrogens is 200 g/mol. The molecule has 0 unspecified atom stereocenters. The van der Waals surface area contributed by atoms with Crippen LogP contribution in [-0.4, -0.2) is 0 Å². The van der Waals surface area contributed by atoms with Gasteiger partial charge in [0.2, 0.25) is 5.52 Å². The third kappa shape index (κ3) is 1.96. The molecule has 0 amide bonds. The monoisotopic (exact) mass is 212 g/mol. The summed E-state index contributed by atoms with van der Waals surface area (Å²) in [5.41, 5.74) is 1.42. The van der Waals surface area contributed by atoms with E-state index < -0.39 is 0 Å². The Labute approximate surface area is 94.1 Å². The Morgan fingerprint density at radius 2 is 2.00 bits per heavy atom. The Bertz CT molecular complexity index is 543. The number of fused-ring (bicyclic) bond motifs is 1. The van der Waals surface area contributed by atoms with Gasteiger partial charge in [0.15, 0.2) is 5.69 Å². The van der Waals surface area contributed by atoms with Gasteiger partial charge in [-0.3, -0.25) is 0 Å². The van der Waals surface area contributed by atoms with E-state index in [-0.39, 0.29) is 0 Å². The minimum Gasteiger partial charge on any atom is -0.618 e. The Morgan fingerprint density at radius 3 is 2.81 bits per heavy atom. The first-order valence-corrected chi connectivity index (χ1v) is 5.30. The number of unbranched alkanes of at least 4 members (excludes halogenated alkanes) is 1. The number of nitrogens with zero attached hydrogens (tertiary/aromatic N) is 2. The SMILES string of the molecule is N#CCCCc1ccc2ccccc2[n+]1[O-]. The van der Waals surface area contributed by atoms with E-state index in [1.54, 1.807) is 0 Å². The summed E-state index contributed by atoms with van der Waals surface area (Å²) in [6.07, 6.45) is 1.88. The fraction of sp³-hybridized carbons (Fsp3) is 0.231. The van der Waals surface area contributed by atoms with Gasteiger partial charge in [-0.2, -0.15) is 9.99 Å². The third-order valence-corrected chi connectivity index (χ3v) is 2.59. The maximum Gasteiger partial charge on any atom is 0.223 e. The van der Waals surface area contributed by atoms with Crippen molar-refractivity contribution in [3.8, 4) is 6.07 Å². The van der Waals surface area contributed by atoms with E-state index >= 15 is 0 Å². The minimum absolute atomic E-state index is 0.493. The zero-order valence-corrected chi connectivity index (χ0v) is 8.89. The fourth-order valence-electron chi connectivity index (χ4n) is 1.76. The molecule has 0 spiro atoms. The highest BCUT2D eigenvalue weighted by molar-refractivity contribution is 5.75. The van der Waals surface area contributed by atoms with Crippen molar-refractivity contribution >= 4 is 10.9 Å². The normalized spacial score (nSPS) is 10.2. The van der Waals surface area contributed by atoms with E-state index in [0.717, 1.165) is 22.2 Å². The van der Waals surface area contributed by atoms with Crippen molar-refractivity contribution < 1.29 is 4.73 Å². The van der Waals surface area contributed by atoms with E-state index in [4.69, 9.17) is 5.26 Å². The van der Waals surface area contributed by atoms with Gasteiger partial charge >= 0.3 is 0 Å². The summed E-state index contributed by atoms with van der Waals surface area (Å²) < 4.78 is 0.965. The van der Waals surface area contributed by atoms with Crippen molar-refractivity contribution in [1.82, 2.24) is 0 Å². The molecule has 1 heterocycles. The molecule has 0 radical (unpaired) electrons. The predicted octanol–water partition coefficient (Wildman–Crippen LogP) is 2.32. The highest BCUT2D eigenvalue weighted by atomic mass is 16.5. The van der Waals surface area contributed by atoms with E-state index in [2.05, 4.69) is 6.07 Å². The minimum atomic E-state index is 0.493. The van der Waals surface area contributed by atoms with Gasteiger partial charge in [0, 0.05) is 30.4 Å². The van der Waals surface area contributed by atoms with Crippen LogP contribution in [0.2, 0.25) is 0 Å². The first-order chi connectivity index (χ1) is 7.83. The summed E-state index contributed by atoms with van der Waals surface area (Å²) in [6, 6.07) is 13.4. The lowest BCUT2D eigenvalue weighted by molar-refractivity contribution is -0.586. The molecule has 0 aliphatic rings. The summed E-state index contributed by atoms with van der Waals surface area (Å²) in [5.74, 6) is 0. The molecule has 80 valence electrons. The number of hydrogen-bond donors (Lipinski definition) is 0. The van der Waals surface area contributed by atoms with Crippen LogP contribution in [0.3, 0.4) is 0 Å². The molecule has 3 nitrogen and oxygen atoms in total. The molecule has 3 heteroatoms. The van der Waals surface area contributed by atoms with Crippen LogP contribution in [-0.2, 0) is 6.42 Å². The number of nitriles is 1. The van der Waals surface area contributed by atoms with Gasteiger partial charge in [-0.05, 0) is 18.6 Å². The van der Waals surface area contributed by atoms with Crippen LogP contribution < -0.4 is 4.73 Å². The molecule has 2 rings (SSSR count). The average molecular weight is 212 g/mol. The van der Waals surface area contributed by atoms with Crippen LogP contribution in [0.25, 0.3) is 10.9 Å². The summed E-state index contributed by atoms with van der Waals surface area (Å²) in [7, 11) is 0. The molecule has 2 aromatic rings. The van der Waals surface area contributed by atoms with Crippen molar-refractivity contribution in [1.29, 1.82) is 5.26 Å². The first kappa shape index (κ1) is 10.4. The molecule has 0 saturated carbocycles. The topological polar surface area (TPSA) is 50.7 Å². The number of aromatic nitrogens is 1. The molecule has 1 aromatic carbocycles. The van der Waals surface area contributed by atoms with Gasteiger partial charge < -0.3 is 5.21 Å². The van der Waals surface area contributed by atoms with Gasteiger partial charge in [0.25, 0.3) is 0 Å². The molecular formula is C13H12N2O. The lowest BCUT2D eigenvalue weighted by atomic mass is 10.1. The van der Waals surface area contributed by atoms with E-state index in [0.29, 0.717) is 18.4 Å². The zero-order chi connectivity index (χ0) is 11.4. The highest BCUT2D eigenvalue weighted by Gasteiger charge is 2.08. The highest BCUT2D eigenvalue weighted by Crippen LogP contribution is 2.11. The van der Waals surface area contributed by atoms with Crippen molar-refractivity contribution in [2.45, 2.75) is 19.3 Å². The van der Waals surface area contributed by atoms with Crippen LogP contribution in [0, 0.1) is 16.5 Å². The second-order valence-electron chi connectivity index (χ2n) is 3.69. The van der Waals surface area contributed by atoms with Crippen LogP contribution in [0.1, 0.15) is 18.5 Å². The number of pyridine rings is 1. The van der Waals surface area contributed by atoms with Gasteiger partial charge in [0.05, 0.1) is 6.07 Å². The molecule has 1 aromatic heterocycles. The second-order valence-corrected chi connectivity index (χ2v) is 3.69. The van der Waals surface area contributed by atoms with Crippen molar-refractivity contribution in [3.05, 3.63) is 47.3 Å². The van der Waals surface area contributed by atoms with Crippen LogP contribution in [0.4, 0.5) is 0 Å². The van der Waals surface area contributed by atoms with Crippen LogP contribution >= 0.6 is 0 Å². The molecule has 0 N–H and O–H groups in total. The van der Waals surface area contributed by atoms with Crippen molar-refractivity contribution in [2.75, 3.05) is 0 Å². The van der Waals surface area contributed by atoms with Gasteiger partial charge in [-0.15, -0.1) is 0 Å². The van der Waals surface area contributed by atoms with Crippen LogP contribution in [0.5, 0.6) is 0 Å². The summed E-state index contributed by atoms with van der Waals surface area (Å²) >= 11 is 0. The summed E-state index contributed by atoms with van der Waals surface area (Å²) in [4.78, 5) is 0. The maximum absolute atomic E-state index is 12.0. The van der Waals surface area contributed by atoms with Gasteiger partial charge in [0.1, 0.15) is 0 Å². The number of para-hydroxylation sites is 1. The number of benzene rings is 1. The van der Waals surface area contributed by atoms with Crippen molar-refractivity contribution in [2.24, 2.45) is 0 Å². The fourth-order valence-corrected chi connectivity index (χ4v) is 1.76. The molecule has 0 saturated heterocycles. The zero-order valence-electron chi connectivity index (χ0n) is 8.89. The lowest BCUT2D eigenvalue weighted by Crippen LogP contribution is -2.32. The van der Waals surface area contributed by atoms with E-state index in [1.165, 1.54) is 0 Å². The van der Waals surface area contributed by atoms with E-state index in [1.807, 2.05) is 36.4 Å². The Kier molecular flexibility index (Phi) is 3.02. The molecule has 0 fully saturated rings. The molecule has 0 aliphatic heterocycles.